The van der Waals surface area contributed by atoms with Crippen LogP contribution in [0, 0.1) is 0 Å². The van der Waals surface area contributed by atoms with E-state index in [-0.39, 0.29) is 0 Å². The molecule has 1 aliphatic heterocycles. The second-order valence-electron chi connectivity index (χ2n) is 4.52. The molecule has 1 aromatic rings. The van der Waals surface area contributed by atoms with Crippen molar-refractivity contribution in [3.63, 3.8) is 0 Å². The molecule has 1 saturated heterocycles. The van der Waals surface area contributed by atoms with Crippen LogP contribution in [-0.4, -0.2) is 40.5 Å². The molecule has 1 N–H and O–H groups in total. The van der Waals surface area contributed by atoms with E-state index in [1.165, 1.54) is 6.33 Å². The number of rotatable bonds is 2. The second kappa shape index (κ2) is 5.50. The fourth-order valence-corrected chi connectivity index (χ4v) is 2.52. The lowest BCUT2D eigenvalue weighted by molar-refractivity contribution is 0.190. The van der Waals surface area contributed by atoms with Crippen molar-refractivity contribution in [3.8, 4) is 0 Å². The number of nitrogens with zero attached hydrogens (tertiary/aromatic N) is 3. The van der Waals surface area contributed by atoms with Gasteiger partial charge in [0.05, 0.1) is 4.47 Å². The third-order valence-corrected chi connectivity index (χ3v) is 4.56. The summed E-state index contributed by atoms with van der Waals surface area (Å²) in [4.78, 5) is 10.5. The van der Waals surface area contributed by atoms with Crippen molar-refractivity contribution in [2.24, 2.45) is 0 Å². The third kappa shape index (κ3) is 3.09. The lowest BCUT2D eigenvalue weighted by atomic mass is 9.99. The Hall–Kier alpha value is -0.390. The third-order valence-electron chi connectivity index (χ3n) is 3.30. The van der Waals surface area contributed by atoms with Crippen molar-refractivity contribution in [1.82, 2.24) is 14.9 Å². The smallest absolute Gasteiger partial charge is 0.148 e. The first-order chi connectivity index (χ1) is 8.08. The second-order valence-corrected chi connectivity index (χ2v) is 5.67. The molecule has 1 aromatic heterocycles. The molecular weight excluding hydrogens is 304 g/mol. The van der Waals surface area contributed by atoms with Gasteiger partial charge in [-0.05, 0) is 42.7 Å². The van der Waals surface area contributed by atoms with Crippen LogP contribution in [0.25, 0.3) is 0 Å². The Kier molecular flexibility index (Phi) is 4.22. The van der Waals surface area contributed by atoms with Crippen LogP contribution in [0.3, 0.4) is 0 Å². The lowest BCUT2D eigenvalue weighted by Gasteiger charge is -2.35. The van der Waals surface area contributed by atoms with Crippen molar-refractivity contribution >= 4 is 33.3 Å². The molecule has 0 aromatic carbocycles. The van der Waals surface area contributed by atoms with E-state index in [0.29, 0.717) is 17.2 Å². The topological polar surface area (TPSA) is 41.1 Å². The molecule has 0 bridgehead atoms. The van der Waals surface area contributed by atoms with Gasteiger partial charge >= 0.3 is 0 Å². The molecule has 0 aliphatic carbocycles. The van der Waals surface area contributed by atoms with E-state index < -0.39 is 0 Å². The quantitative estimate of drug-likeness (QED) is 0.851. The first-order valence-electron chi connectivity index (χ1n) is 5.70. The van der Waals surface area contributed by atoms with Gasteiger partial charge in [-0.3, -0.25) is 0 Å². The highest BCUT2D eigenvalue weighted by Gasteiger charge is 2.23. The molecule has 0 amide bonds. The number of anilines is 1. The van der Waals surface area contributed by atoms with Gasteiger partial charge < -0.3 is 10.2 Å². The van der Waals surface area contributed by atoms with E-state index in [4.69, 9.17) is 11.6 Å². The molecule has 1 aliphatic rings. The number of aromatic nitrogens is 2. The average molecular weight is 320 g/mol. The van der Waals surface area contributed by atoms with Crippen molar-refractivity contribution in [2.45, 2.75) is 31.8 Å². The van der Waals surface area contributed by atoms with Crippen LogP contribution in [0.15, 0.2) is 10.8 Å². The highest BCUT2D eigenvalue weighted by atomic mass is 79.9. The summed E-state index contributed by atoms with van der Waals surface area (Å²) in [7, 11) is 2.17. The molecule has 1 fully saturated rings. The van der Waals surface area contributed by atoms with Crippen molar-refractivity contribution in [2.75, 3.05) is 18.9 Å². The Morgan fingerprint density at radius 3 is 3.00 bits per heavy atom. The normalized spacial score (nSPS) is 25.9. The molecule has 94 valence electrons. The largest absolute Gasteiger partial charge is 0.366 e. The van der Waals surface area contributed by atoms with Gasteiger partial charge in [0.1, 0.15) is 17.3 Å². The van der Waals surface area contributed by atoms with Gasteiger partial charge in [-0.1, -0.05) is 11.6 Å². The highest BCUT2D eigenvalue weighted by molar-refractivity contribution is 9.10. The fourth-order valence-electron chi connectivity index (χ4n) is 2.06. The van der Waals surface area contributed by atoms with Crippen LogP contribution in [-0.2, 0) is 0 Å². The molecule has 2 rings (SSSR count). The standard InChI is InChI=1S/C11H16BrClN4/c1-7-5-8(3-4-17(7)2)16-11-9(12)10(13)14-6-15-11/h6-8H,3-5H2,1-2H3,(H,14,15,16). The summed E-state index contributed by atoms with van der Waals surface area (Å²) in [5.41, 5.74) is 0. The summed E-state index contributed by atoms with van der Waals surface area (Å²) in [5, 5.41) is 3.88. The minimum atomic E-state index is 0.448. The van der Waals surface area contributed by atoms with Crippen LogP contribution >= 0.6 is 27.5 Å². The summed E-state index contributed by atoms with van der Waals surface area (Å²) in [6.45, 7) is 3.35. The monoisotopic (exact) mass is 318 g/mol. The van der Waals surface area contributed by atoms with E-state index in [1.54, 1.807) is 0 Å². The summed E-state index contributed by atoms with van der Waals surface area (Å²) in [6.07, 6.45) is 3.72. The first-order valence-corrected chi connectivity index (χ1v) is 6.87. The van der Waals surface area contributed by atoms with E-state index in [2.05, 4.69) is 50.1 Å². The molecule has 17 heavy (non-hydrogen) atoms. The summed E-state index contributed by atoms with van der Waals surface area (Å²) < 4.78 is 0.744. The molecule has 0 radical (unpaired) electrons. The number of nitrogens with one attached hydrogen (secondary N) is 1. The molecule has 0 spiro atoms. The highest BCUT2D eigenvalue weighted by Crippen LogP contribution is 2.28. The van der Waals surface area contributed by atoms with Crippen LogP contribution in [0.5, 0.6) is 0 Å². The predicted molar refractivity (Wildman–Crippen MR) is 73.5 cm³/mol. The zero-order chi connectivity index (χ0) is 12.4. The van der Waals surface area contributed by atoms with E-state index >= 15 is 0 Å². The maximum atomic E-state index is 5.94. The average Bonchev–Trinajstić information content (AvgIpc) is 2.30. The van der Waals surface area contributed by atoms with E-state index in [9.17, 15) is 0 Å². The first kappa shape index (κ1) is 13.1. The Labute approximate surface area is 115 Å². The van der Waals surface area contributed by atoms with Crippen LogP contribution in [0.4, 0.5) is 5.82 Å². The zero-order valence-corrected chi connectivity index (χ0v) is 12.3. The lowest BCUT2D eigenvalue weighted by Crippen LogP contribution is -2.42. The number of halogens is 2. The maximum absolute atomic E-state index is 5.94. The van der Waals surface area contributed by atoms with Gasteiger partial charge in [0, 0.05) is 18.6 Å². The fraction of sp³-hybridized carbons (Fsp3) is 0.636. The Bertz CT molecular complexity index is 401. The molecule has 0 saturated carbocycles. The zero-order valence-electron chi connectivity index (χ0n) is 9.95. The number of hydrogen-bond acceptors (Lipinski definition) is 4. The molecule has 2 unspecified atom stereocenters. The molecule has 4 nitrogen and oxygen atoms in total. The van der Waals surface area contributed by atoms with E-state index in [1.807, 2.05) is 0 Å². The van der Waals surface area contributed by atoms with Gasteiger partial charge in [0.25, 0.3) is 0 Å². The van der Waals surface area contributed by atoms with Crippen LogP contribution in [0.1, 0.15) is 19.8 Å². The number of hydrogen-bond donors (Lipinski definition) is 1. The number of likely N-dealkylation sites (tertiary alicyclic amines) is 1. The summed E-state index contributed by atoms with van der Waals surface area (Å²) in [6, 6.07) is 1.04. The Balaban J connectivity index is 2.04. The Morgan fingerprint density at radius 2 is 2.29 bits per heavy atom. The number of piperidine rings is 1. The van der Waals surface area contributed by atoms with Crippen LogP contribution < -0.4 is 5.32 Å². The molecule has 6 heteroatoms. The van der Waals surface area contributed by atoms with Crippen molar-refractivity contribution in [3.05, 3.63) is 16.0 Å². The summed E-state index contributed by atoms with van der Waals surface area (Å²) >= 11 is 9.34. The van der Waals surface area contributed by atoms with Gasteiger partial charge in [-0.2, -0.15) is 0 Å². The van der Waals surface area contributed by atoms with Crippen molar-refractivity contribution < 1.29 is 0 Å². The van der Waals surface area contributed by atoms with Gasteiger partial charge in [0.2, 0.25) is 0 Å². The maximum Gasteiger partial charge on any atom is 0.148 e. The minimum Gasteiger partial charge on any atom is -0.366 e. The Morgan fingerprint density at radius 1 is 1.53 bits per heavy atom. The molecule has 2 heterocycles. The minimum absolute atomic E-state index is 0.448. The van der Waals surface area contributed by atoms with E-state index in [0.717, 1.165) is 29.7 Å². The predicted octanol–water partition coefficient (Wildman–Crippen LogP) is 2.79. The SMILES string of the molecule is CC1CC(Nc2ncnc(Cl)c2Br)CCN1C. The molecular formula is C11H16BrClN4. The van der Waals surface area contributed by atoms with Gasteiger partial charge in [-0.15, -0.1) is 0 Å². The van der Waals surface area contributed by atoms with Gasteiger partial charge in [0.15, 0.2) is 0 Å². The molecule has 2 atom stereocenters. The van der Waals surface area contributed by atoms with Crippen LogP contribution in [0.2, 0.25) is 5.15 Å². The van der Waals surface area contributed by atoms with Crippen molar-refractivity contribution in [1.29, 1.82) is 0 Å². The van der Waals surface area contributed by atoms with Gasteiger partial charge in [-0.25, -0.2) is 9.97 Å². The summed E-state index contributed by atoms with van der Waals surface area (Å²) in [5.74, 6) is 0.784.